The van der Waals surface area contributed by atoms with Crippen molar-refractivity contribution in [1.29, 1.82) is 0 Å². The maximum atomic E-state index is 11.7. The first-order valence-corrected chi connectivity index (χ1v) is 8.67. The molecule has 0 radical (unpaired) electrons. The molecule has 3 heteroatoms. The van der Waals surface area contributed by atoms with E-state index in [1.807, 2.05) is 0 Å². The fraction of sp³-hybridized carbons (Fsp3) is 1.00. The molecule has 0 aliphatic heterocycles. The Bertz CT molecular complexity index is 195. The molecule has 0 rings (SSSR count). The fourth-order valence-electron chi connectivity index (χ4n) is 1.76. The molecule has 17 heavy (non-hydrogen) atoms. The Hall–Kier alpha value is 0.110. The topological polar surface area (TPSA) is 29.1 Å². The van der Waals surface area contributed by atoms with E-state index in [0.29, 0.717) is 12.0 Å². The van der Waals surface area contributed by atoms with Gasteiger partial charge in [-0.05, 0) is 44.6 Å². The van der Waals surface area contributed by atoms with Crippen molar-refractivity contribution in [2.75, 3.05) is 18.1 Å². The van der Waals surface area contributed by atoms with E-state index >= 15 is 0 Å². The van der Waals surface area contributed by atoms with Gasteiger partial charge in [0.15, 0.2) is 0 Å². The molecule has 2 unspecified atom stereocenters. The summed E-state index contributed by atoms with van der Waals surface area (Å²) in [6.45, 7) is 9.91. The van der Waals surface area contributed by atoms with Crippen molar-refractivity contribution in [1.82, 2.24) is 5.32 Å². The Morgan fingerprint density at radius 1 is 1.12 bits per heavy atom. The normalized spacial score (nSPS) is 15.1. The van der Waals surface area contributed by atoms with E-state index in [2.05, 4.69) is 33.0 Å². The summed E-state index contributed by atoms with van der Waals surface area (Å²) in [6, 6.07) is 0.622. The lowest BCUT2D eigenvalue weighted by Crippen LogP contribution is -2.29. The molecule has 0 amide bonds. The Morgan fingerprint density at radius 2 is 1.82 bits per heavy atom. The second kappa shape index (κ2) is 11.2. The molecule has 0 aliphatic carbocycles. The Morgan fingerprint density at radius 3 is 2.35 bits per heavy atom. The van der Waals surface area contributed by atoms with Crippen molar-refractivity contribution in [2.45, 2.75) is 65.8 Å². The number of nitrogens with one attached hydrogen (secondary N) is 1. The first-order valence-electron chi connectivity index (χ1n) is 7.18. The lowest BCUT2D eigenvalue weighted by molar-refractivity contribution is 0.464. The molecule has 0 saturated heterocycles. The zero-order chi connectivity index (χ0) is 13.1. The van der Waals surface area contributed by atoms with E-state index in [4.69, 9.17) is 0 Å². The summed E-state index contributed by atoms with van der Waals surface area (Å²) in [4.78, 5) is 0. The molecular weight excluding hydrogens is 230 g/mol. The van der Waals surface area contributed by atoms with E-state index in [9.17, 15) is 4.21 Å². The van der Waals surface area contributed by atoms with Crippen molar-refractivity contribution >= 4 is 10.8 Å². The summed E-state index contributed by atoms with van der Waals surface area (Å²) < 4.78 is 11.7. The van der Waals surface area contributed by atoms with Gasteiger partial charge in [-0.15, -0.1) is 0 Å². The van der Waals surface area contributed by atoms with E-state index in [0.717, 1.165) is 30.9 Å². The molecule has 1 N–H and O–H groups in total. The summed E-state index contributed by atoms with van der Waals surface area (Å²) in [6.07, 6.45) is 5.73. The number of rotatable bonds is 11. The number of hydrogen-bond donors (Lipinski definition) is 1. The van der Waals surface area contributed by atoms with Crippen LogP contribution in [-0.4, -0.2) is 28.3 Å². The van der Waals surface area contributed by atoms with Crippen LogP contribution in [0.1, 0.15) is 59.8 Å². The highest BCUT2D eigenvalue weighted by Crippen LogP contribution is 2.05. The van der Waals surface area contributed by atoms with E-state index in [1.165, 1.54) is 19.3 Å². The summed E-state index contributed by atoms with van der Waals surface area (Å²) in [5, 5.41) is 3.54. The van der Waals surface area contributed by atoms with Gasteiger partial charge in [0.2, 0.25) is 0 Å². The van der Waals surface area contributed by atoms with Gasteiger partial charge in [-0.2, -0.15) is 0 Å². The second-order valence-corrected chi connectivity index (χ2v) is 6.93. The molecule has 0 saturated carbocycles. The predicted octanol–water partition coefficient (Wildman–Crippen LogP) is 3.34. The molecule has 0 aliphatic rings. The lowest BCUT2D eigenvalue weighted by Gasteiger charge is -2.16. The minimum Gasteiger partial charge on any atom is -0.314 e. The minimum atomic E-state index is -0.593. The highest BCUT2D eigenvalue weighted by Gasteiger charge is 2.06. The van der Waals surface area contributed by atoms with Crippen LogP contribution in [0.2, 0.25) is 0 Å². The van der Waals surface area contributed by atoms with Crippen LogP contribution in [0, 0.1) is 5.92 Å². The van der Waals surface area contributed by atoms with Crippen LogP contribution in [0.15, 0.2) is 0 Å². The van der Waals surface area contributed by atoms with Crippen LogP contribution in [0.25, 0.3) is 0 Å². The zero-order valence-corrected chi connectivity index (χ0v) is 12.9. The van der Waals surface area contributed by atoms with Crippen LogP contribution in [0.5, 0.6) is 0 Å². The third kappa shape index (κ3) is 11.0. The molecule has 0 bridgehead atoms. The third-order valence-corrected chi connectivity index (χ3v) is 4.46. The van der Waals surface area contributed by atoms with Crippen LogP contribution in [-0.2, 0) is 10.8 Å². The SMILES string of the molecule is CCCNC(CC)CCCS(=O)CCC(C)C. The van der Waals surface area contributed by atoms with Crippen LogP contribution < -0.4 is 5.32 Å². The van der Waals surface area contributed by atoms with Crippen LogP contribution in [0.4, 0.5) is 0 Å². The van der Waals surface area contributed by atoms with Crippen molar-refractivity contribution < 1.29 is 4.21 Å². The van der Waals surface area contributed by atoms with Gasteiger partial charge in [0.05, 0.1) is 0 Å². The molecule has 0 fully saturated rings. The van der Waals surface area contributed by atoms with Gasteiger partial charge < -0.3 is 5.32 Å². The van der Waals surface area contributed by atoms with Gasteiger partial charge in [-0.1, -0.05) is 27.7 Å². The Labute approximate surface area is 110 Å². The molecule has 0 aromatic carbocycles. The van der Waals surface area contributed by atoms with E-state index in [1.54, 1.807) is 0 Å². The minimum absolute atomic E-state index is 0.593. The second-order valence-electron chi connectivity index (χ2n) is 5.23. The largest absolute Gasteiger partial charge is 0.314 e. The molecule has 2 nitrogen and oxygen atoms in total. The maximum absolute atomic E-state index is 11.7. The van der Waals surface area contributed by atoms with Gasteiger partial charge >= 0.3 is 0 Å². The molecule has 0 spiro atoms. The van der Waals surface area contributed by atoms with Gasteiger partial charge in [0.25, 0.3) is 0 Å². The molecular formula is C14H31NOS. The Kier molecular flexibility index (Phi) is 11.3. The van der Waals surface area contributed by atoms with Crippen molar-refractivity contribution in [3.8, 4) is 0 Å². The van der Waals surface area contributed by atoms with Crippen molar-refractivity contribution in [3.63, 3.8) is 0 Å². The molecule has 2 atom stereocenters. The van der Waals surface area contributed by atoms with E-state index in [-0.39, 0.29) is 0 Å². The van der Waals surface area contributed by atoms with E-state index < -0.39 is 10.8 Å². The standard InChI is InChI=1S/C14H31NOS/c1-5-10-15-14(6-2)8-7-11-17(16)12-9-13(3)4/h13-15H,5-12H2,1-4H3. The lowest BCUT2D eigenvalue weighted by atomic mass is 10.1. The molecule has 104 valence electrons. The fourth-order valence-corrected chi connectivity index (χ4v) is 3.19. The van der Waals surface area contributed by atoms with Crippen LogP contribution in [0.3, 0.4) is 0 Å². The quantitative estimate of drug-likeness (QED) is 0.618. The molecule has 0 heterocycles. The van der Waals surface area contributed by atoms with Crippen molar-refractivity contribution in [2.24, 2.45) is 5.92 Å². The summed E-state index contributed by atoms with van der Waals surface area (Å²) in [5.74, 6) is 2.45. The summed E-state index contributed by atoms with van der Waals surface area (Å²) in [5.41, 5.74) is 0. The average molecular weight is 261 g/mol. The zero-order valence-electron chi connectivity index (χ0n) is 12.1. The highest BCUT2D eigenvalue weighted by atomic mass is 32.2. The van der Waals surface area contributed by atoms with Gasteiger partial charge in [-0.3, -0.25) is 4.21 Å². The first-order chi connectivity index (χ1) is 8.10. The maximum Gasteiger partial charge on any atom is 0.0237 e. The summed E-state index contributed by atoms with van der Waals surface area (Å²) >= 11 is 0. The van der Waals surface area contributed by atoms with Gasteiger partial charge in [-0.25, -0.2) is 0 Å². The van der Waals surface area contributed by atoms with Crippen LogP contribution >= 0.6 is 0 Å². The highest BCUT2D eigenvalue weighted by molar-refractivity contribution is 7.84. The molecule has 0 aromatic rings. The Balaban J connectivity index is 3.55. The van der Waals surface area contributed by atoms with Crippen molar-refractivity contribution in [3.05, 3.63) is 0 Å². The molecule has 0 aromatic heterocycles. The smallest absolute Gasteiger partial charge is 0.0237 e. The first kappa shape index (κ1) is 17.1. The van der Waals surface area contributed by atoms with Gasteiger partial charge in [0, 0.05) is 28.3 Å². The predicted molar refractivity (Wildman–Crippen MR) is 78.9 cm³/mol. The third-order valence-electron chi connectivity index (χ3n) is 3.02. The summed E-state index contributed by atoms with van der Waals surface area (Å²) in [7, 11) is -0.593. The monoisotopic (exact) mass is 261 g/mol. The van der Waals surface area contributed by atoms with Gasteiger partial charge in [0.1, 0.15) is 0 Å². The number of hydrogen-bond acceptors (Lipinski definition) is 2. The average Bonchev–Trinajstić information content (AvgIpc) is 2.30.